The molecule has 1 heterocycles. The van der Waals surface area contributed by atoms with Gasteiger partial charge in [-0.1, -0.05) is 6.08 Å². The highest BCUT2D eigenvalue weighted by atomic mass is 79.9. The van der Waals surface area contributed by atoms with Crippen LogP contribution in [-0.2, 0) is 6.54 Å². The standard InChI is InChI=1S/C11H15BrN2O2S/c1-2-5-14(6-7-15)11(16)13-8-9-3-4-10(12)17-9/h2-4,15H,1,5-8H2,(H,13,16). The number of aliphatic hydroxyl groups is 1. The molecule has 0 aliphatic carbocycles. The van der Waals surface area contributed by atoms with Gasteiger partial charge in [-0.25, -0.2) is 4.79 Å². The summed E-state index contributed by atoms with van der Waals surface area (Å²) >= 11 is 4.95. The maximum absolute atomic E-state index is 11.8. The molecular formula is C11H15BrN2O2S. The summed E-state index contributed by atoms with van der Waals surface area (Å²) in [5, 5.41) is 11.6. The van der Waals surface area contributed by atoms with E-state index in [0.29, 0.717) is 19.6 Å². The van der Waals surface area contributed by atoms with Crippen molar-refractivity contribution in [2.45, 2.75) is 6.54 Å². The molecule has 0 fully saturated rings. The first-order valence-electron chi connectivity index (χ1n) is 5.16. The summed E-state index contributed by atoms with van der Waals surface area (Å²) in [6.07, 6.45) is 1.64. The van der Waals surface area contributed by atoms with Gasteiger partial charge in [0.2, 0.25) is 0 Å². The normalized spacial score (nSPS) is 10.0. The average molecular weight is 319 g/mol. The van der Waals surface area contributed by atoms with Crippen molar-refractivity contribution < 1.29 is 9.90 Å². The van der Waals surface area contributed by atoms with Crippen molar-refractivity contribution in [1.82, 2.24) is 10.2 Å². The molecule has 2 amide bonds. The fourth-order valence-electron chi connectivity index (χ4n) is 1.27. The van der Waals surface area contributed by atoms with Crippen LogP contribution in [0.25, 0.3) is 0 Å². The number of carbonyl (C=O) groups excluding carboxylic acids is 1. The van der Waals surface area contributed by atoms with Crippen molar-refractivity contribution in [3.8, 4) is 0 Å². The molecule has 0 aliphatic rings. The van der Waals surface area contributed by atoms with Gasteiger partial charge in [-0.3, -0.25) is 0 Å². The lowest BCUT2D eigenvalue weighted by molar-refractivity contribution is 0.183. The zero-order valence-electron chi connectivity index (χ0n) is 9.36. The van der Waals surface area contributed by atoms with E-state index in [0.717, 1.165) is 8.66 Å². The lowest BCUT2D eigenvalue weighted by Crippen LogP contribution is -2.41. The Kier molecular flexibility index (Phi) is 6.25. The number of nitrogens with one attached hydrogen (secondary N) is 1. The average Bonchev–Trinajstić information content (AvgIpc) is 2.72. The molecule has 94 valence electrons. The quantitative estimate of drug-likeness (QED) is 0.790. The summed E-state index contributed by atoms with van der Waals surface area (Å²) in [4.78, 5) is 14.3. The molecule has 0 aromatic carbocycles. The fourth-order valence-corrected chi connectivity index (χ4v) is 2.70. The van der Waals surface area contributed by atoms with Crippen LogP contribution in [0.15, 0.2) is 28.6 Å². The Balaban J connectivity index is 2.43. The van der Waals surface area contributed by atoms with Gasteiger partial charge in [0, 0.05) is 18.0 Å². The van der Waals surface area contributed by atoms with E-state index < -0.39 is 0 Å². The second-order valence-electron chi connectivity index (χ2n) is 3.32. The van der Waals surface area contributed by atoms with Gasteiger partial charge in [-0.05, 0) is 28.1 Å². The van der Waals surface area contributed by atoms with E-state index in [1.165, 1.54) is 4.90 Å². The van der Waals surface area contributed by atoms with Crippen LogP contribution in [0.5, 0.6) is 0 Å². The summed E-state index contributed by atoms with van der Waals surface area (Å²) < 4.78 is 1.04. The van der Waals surface area contributed by atoms with E-state index in [2.05, 4.69) is 27.8 Å². The summed E-state index contributed by atoms with van der Waals surface area (Å²) in [5.41, 5.74) is 0. The Morgan fingerprint density at radius 1 is 1.65 bits per heavy atom. The predicted octanol–water partition coefficient (Wildman–Crippen LogP) is 2.20. The molecule has 0 atom stereocenters. The van der Waals surface area contributed by atoms with Crippen molar-refractivity contribution in [1.29, 1.82) is 0 Å². The molecule has 6 heteroatoms. The Morgan fingerprint density at radius 3 is 2.94 bits per heavy atom. The van der Waals surface area contributed by atoms with Crippen molar-refractivity contribution in [2.75, 3.05) is 19.7 Å². The van der Waals surface area contributed by atoms with Crippen LogP contribution in [-0.4, -0.2) is 35.7 Å². The van der Waals surface area contributed by atoms with Crippen LogP contribution in [0.2, 0.25) is 0 Å². The molecular weight excluding hydrogens is 304 g/mol. The first-order chi connectivity index (χ1) is 8.17. The van der Waals surface area contributed by atoms with Gasteiger partial charge in [-0.2, -0.15) is 0 Å². The van der Waals surface area contributed by atoms with E-state index in [4.69, 9.17) is 5.11 Å². The largest absolute Gasteiger partial charge is 0.395 e. The number of hydrogen-bond acceptors (Lipinski definition) is 3. The first kappa shape index (κ1) is 14.2. The molecule has 0 unspecified atom stereocenters. The number of nitrogens with zero attached hydrogens (tertiary/aromatic N) is 1. The topological polar surface area (TPSA) is 52.6 Å². The van der Waals surface area contributed by atoms with Gasteiger partial charge < -0.3 is 15.3 Å². The number of thiophene rings is 1. The van der Waals surface area contributed by atoms with E-state index in [-0.39, 0.29) is 12.6 Å². The summed E-state index contributed by atoms with van der Waals surface area (Å²) in [6, 6.07) is 3.71. The molecule has 1 rings (SSSR count). The second kappa shape index (κ2) is 7.47. The highest BCUT2D eigenvalue weighted by Gasteiger charge is 2.10. The van der Waals surface area contributed by atoms with Crippen LogP contribution < -0.4 is 5.32 Å². The van der Waals surface area contributed by atoms with Crippen molar-refractivity contribution >= 4 is 33.3 Å². The number of amides is 2. The van der Waals surface area contributed by atoms with Gasteiger partial charge in [0.25, 0.3) is 0 Å². The molecule has 2 N–H and O–H groups in total. The lowest BCUT2D eigenvalue weighted by atomic mass is 10.4. The third-order valence-electron chi connectivity index (χ3n) is 2.05. The van der Waals surface area contributed by atoms with E-state index in [9.17, 15) is 4.79 Å². The van der Waals surface area contributed by atoms with Crippen LogP contribution in [0, 0.1) is 0 Å². The van der Waals surface area contributed by atoms with E-state index in [1.54, 1.807) is 17.4 Å². The summed E-state index contributed by atoms with van der Waals surface area (Å²) in [6.45, 7) is 4.77. The molecule has 4 nitrogen and oxygen atoms in total. The minimum Gasteiger partial charge on any atom is -0.395 e. The van der Waals surface area contributed by atoms with Crippen LogP contribution in [0.4, 0.5) is 4.79 Å². The number of hydrogen-bond donors (Lipinski definition) is 2. The predicted molar refractivity (Wildman–Crippen MR) is 73.1 cm³/mol. The monoisotopic (exact) mass is 318 g/mol. The number of rotatable bonds is 6. The highest BCUT2D eigenvalue weighted by Crippen LogP contribution is 2.21. The Hall–Kier alpha value is -0.850. The maximum atomic E-state index is 11.8. The van der Waals surface area contributed by atoms with Gasteiger partial charge in [-0.15, -0.1) is 17.9 Å². The number of aliphatic hydroxyl groups excluding tert-OH is 1. The Morgan fingerprint density at radius 2 is 2.41 bits per heavy atom. The third-order valence-corrected chi connectivity index (χ3v) is 3.67. The second-order valence-corrected chi connectivity index (χ2v) is 5.87. The Bertz CT molecular complexity index is 381. The van der Waals surface area contributed by atoms with Crippen LogP contribution >= 0.6 is 27.3 Å². The molecule has 0 bridgehead atoms. The van der Waals surface area contributed by atoms with Crippen molar-refractivity contribution in [2.24, 2.45) is 0 Å². The van der Waals surface area contributed by atoms with Crippen LogP contribution in [0.3, 0.4) is 0 Å². The number of carbonyl (C=O) groups is 1. The number of urea groups is 1. The smallest absolute Gasteiger partial charge is 0.318 e. The maximum Gasteiger partial charge on any atom is 0.318 e. The lowest BCUT2D eigenvalue weighted by Gasteiger charge is -2.20. The SMILES string of the molecule is C=CCN(CCO)C(=O)NCc1ccc(Br)s1. The van der Waals surface area contributed by atoms with Crippen molar-refractivity contribution in [3.05, 3.63) is 33.5 Å². The zero-order valence-corrected chi connectivity index (χ0v) is 11.8. The van der Waals surface area contributed by atoms with Gasteiger partial charge in [0.1, 0.15) is 0 Å². The highest BCUT2D eigenvalue weighted by molar-refractivity contribution is 9.11. The van der Waals surface area contributed by atoms with Crippen LogP contribution in [0.1, 0.15) is 4.88 Å². The molecule has 0 spiro atoms. The third kappa shape index (κ3) is 4.89. The van der Waals surface area contributed by atoms with E-state index >= 15 is 0 Å². The molecule has 0 radical (unpaired) electrons. The van der Waals surface area contributed by atoms with Crippen molar-refractivity contribution in [3.63, 3.8) is 0 Å². The minimum atomic E-state index is -0.191. The summed E-state index contributed by atoms with van der Waals surface area (Å²) in [7, 11) is 0. The molecule has 1 aromatic heterocycles. The van der Waals surface area contributed by atoms with Gasteiger partial charge >= 0.3 is 6.03 Å². The molecule has 17 heavy (non-hydrogen) atoms. The van der Waals surface area contributed by atoms with Gasteiger partial charge in [0.15, 0.2) is 0 Å². The summed E-state index contributed by atoms with van der Waals surface area (Å²) in [5.74, 6) is 0. The van der Waals surface area contributed by atoms with E-state index in [1.807, 2.05) is 12.1 Å². The molecule has 0 saturated carbocycles. The number of halogens is 1. The van der Waals surface area contributed by atoms with Gasteiger partial charge in [0.05, 0.1) is 16.9 Å². The fraction of sp³-hybridized carbons (Fsp3) is 0.364. The first-order valence-corrected chi connectivity index (χ1v) is 6.77. The zero-order chi connectivity index (χ0) is 12.7. The molecule has 0 saturated heterocycles. The molecule has 1 aromatic rings. The molecule has 0 aliphatic heterocycles. The minimum absolute atomic E-state index is 0.0498. The Labute approximate surface area is 113 Å².